The Bertz CT molecular complexity index is 987. The van der Waals surface area contributed by atoms with E-state index in [4.69, 9.17) is 0 Å². The minimum atomic E-state index is -4.16. The van der Waals surface area contributed by atoms with E-state index in [1.807, 2.05) is 4.72 Å². The highest BCUT2D eigenvalue weighted by Gasteiger charge is 2.23. The van der Waals surface area contributed by atoms with E-state index in [0.29, 0.717) is 6.07 Å². The van der Waals surface area contributed by atoms with Gasteiger partial charge in [-0.2, -0.15) is 4.31 Å². The van der Waals surface area contributed by atoms with Crippen LogP contribution in [0.5, 0.6) is 0 Å². The minimum absolute atomic E-state index is 0.0480. The molecule has 0 spiro atoms. The van der Waals surface area contributed by atoms with Crippen molar-refractivity contribution in [2.75, 3.05) is 17.8 Å². The van der Waals surface area contributed by atoms with Crippen LogP contribution in [0.15, 0.2) is 52.3 Å². The molecule has 0 atom stereocenters. The van der Waals surface area contributed by atoms with E-state index in [-0.39, 0.29) is 22.9 Å². The zero-order chi connectivity index (χ0) is 19.5. The van der Waals surface area contributed by atoms with E-state index >= 15 is 0 Å². The first-order valence-corrected chi connectivity index (χ1v) is 10.6. The van der Waals surface area contributed by atoms with Crippen LogP contribution < -0.4 is 4.72 Å². The third-order valence-electron chi connectivity index (χ3n) is 3.65. The average Bonchev–Trinajstić information content (AvgIpc) is 2.58. The molecule has 26 heavy (non-hydrogen) atoms. The van der Waals surface area contributed by atoms with Gasteiger partial charge < -0.3 is 0 Å². The quantitative estimate of drug-likeness (QED) is 0.769. The number of halogens is 2. The van der Waals surface area contributed by atoms with Crippen LogP contribution >= 0.6 is 0 Å². The number of hydrogen-bond donors (Lipinski definition) is 1. The van der Waals surface area contributed by atoms with Gasteiger partial charge in [0.05, 0.1) is 15.5 Å². The predicted molar refractivity (Wildman–Crippen MR) is 93.7 cm³/mol. The third kappa shape index (κ3) is 4.19. The fraction of sp³-hybridized carbons (Fsp3) is 0.250. The van der Waals surface area contributed by atoms with Crippen LogP contribution in [0.1, 0.15) is 13.8 Å². The summed E-state index contributed by atoms with van der Waals surface area (Å²) in [6.07, 6.45) is 0. The van der Waals surface area contributed by atoms with Crippen molar-refractivity contribution in [2.45, 2.75) is 23.6 Å². The summed E-state index contributed by atoms with van der Waals surface area (Å²) in [6, 6.07) is 6.99. The van der Waals surface area contributed by atoms with Crippen molar-refractivity contribution in [2.24, 2.45) is 0 Å². The largest absolute Gasteiger partial charge is 0.277 e. The normalized spacial score (nSPS) is 12.3. The van der Waals surface area contributed by atoms with Crippen LogP contribution in [0.2, 0.25) is 0 Å². The number of benzene rings is 2. The van der Waals surface area contributed by atoms with Crippen LogP contribution in [0.4, 0.5) is 14.5 Å². The Labute approximate surface area is 151 Å². The van der Waals surface area contributed by atoms with Gasteiger partial charge in [-0.1, -0.05) is 13.8 Å². The van der Waals surface area contributed by atoms with Crippen LogP contribution in [0, 0.1) is 11.6 Å². The molecule has 0 amide bonds. The number of anilines is 1. The molecule has 2 aromatic carbocycles. The first kappa shape index (κ1) is 20.3. The Kier molecular flexibility index (Phi) is 5.99. The van der Waals surface area contributed by atoms with Crippen molar-refractivity contribution in [1.82, 2.24) is 4.31 Å². The second-order valence-electron chi connectivity index (χ2n) is 5.29. The zero-order valence-corrected chi connectivity index (χ0v) is 15.7. The van der Waals surface area contributed by atoms with Crippen molar-refractivity contribution in [1.29, 1.82) is 0 Å². The molecular weight excluding hydrogens is 386 g/mol. The van der Waals surface area contributed by atoms with Gasteiger partial charge in [0.15, 0.2) is 0 Å². The molecule has 0 saturated heterocycles. The molecule has 10 heteroatoms. The van der Waals surface area contributed by atoms with Crippen molar-refractivity contribution in [3.8, 4) is 0 Å². The van der Waals surface area contributed by atoms with Crippen LogP contribution in [0.3, 0.4) is 0 Å². The summed E-state index contributed by atoms with van der Waals surface area (Å²) in [5.74, 6) is -1.90. The van der Waals surface area contributed by atoms with Gasteiger partial charge in [-0.3, -0.25) is 4.72 Å². The van der Waals surface area contributed by atoms with Gasteiger partial charge in [0.25, 0.3) is 10.0 Å². The SMILES string of the molecule is CCN(CC)S(=O)(=O)c1ccc(S(=O)(=O)Nc2ccc(F)cc2F)cc1. The lowest BCUT2D eigenvalue weighted by Gasteiger charge is -2.18. The highest BCUT2D eigenvalue weighted by Crippen LogP contribution is 2.22. The topological polar surface area (TPSA) is 83.6 Å². The van der Waals surface area contributed by atoms with Crippen molar-refractivity contribution >= 4 is 25.7 Å². The molecule has 0 aromatic heterocycles. The number of hydrogen-bond acceptors (Lipinski definition) is 4. The van der Waals surface area contributed by atoms with Gasteiger partial charge in [0, 0.05) is 19.2 Å². The molecule has 1 N–H and O–H groups in total. The lowest BCUT2D eigenvalue weighted by Crippen LogP contribution is -2.30. The third-order valence-corrected chi connectivity index (χ3v) is 7.10. The minimum Gasteiger partial charge on any atom is -0.277 e. The van der Waals surface area contributed by atoms with E-state index < -0.39 is 37.4 Å². The summed E-state index contributed by atoms with van der Waals surface area (Å²) in [6.45, 7) is 3.96. The van der Waals surface area contributed by atoms with E-state index in [9.17, 15) is 25.6 Å². The molecule has 6 nitrogen and oxygen atoms in total. The molecule has 2 aromatic rings. The summed E-state index contributed by atoms with van der Waals surface area (Å²) < 4.78 is 79.2. The number of nitrogens with one attached hydrogen (secondary N) is 1. The molecule has 0 aliphatic rings. The van der Waals surface area contributed by atoms with Gasteiger partial charge in [-0.25, -0.2) is 25.6 Å². The molecular formula is C16H18F2N2O4S2. The highest BCUT2D eigenvalue weighted by molar-refractivity contribution is 7.92. The maximum atomic E-state index is 13.6. The zero-order valence-electron chi connectivity index (χ0n) is 14.1. The molecule has 0 heterocycles. The maximum absolute atomic E-state index is 13.6. The summed E-state index contributed by atoms with van der Waals surface area (Å²) in [4.78, 5) is -0.298. The Hall–Kier alpha value is -2.04. The standard InChI is InChI=1S/C16H18F2N2O4S2/c1-3-20(4-2)26(23,24)14-8-6-13(7-9-14)25(21,22)19-16-10-5-12(17)11-15(16)18/h5-11,19H,3-4H2,1-2H3. The van der Waals surface area contributed by atoms with Gasteiger partial charge in [-0.15, -0.1) is 0 Å². The molecule has 0 radical (unpaired) electrons. The molecule has 2 rings (SSSR count). The van der Waals surface area contributed by atoms with Crippen LogP contribution in [-0.2, 0) is 20.0 Å². The summed E-state index contributed by atoms with van der Waals surface area (Å²) >= 11 is 0. The van der Waals surface area contributed by atoms with Crippen molar-refractivity contribution < 1.29 is 25.6 Å². The maximum Gasteiger partial charge on any atom is 0.261 e. The Morgan fingerprint density at radius 3 is 1.92 bits per heavy atom. The number of rotatable bonds is 7. The smallest absolute Gasteiger partial charge is 0.261 e. The monoisotopic (exact) mass is 404 g/mol. The van der Waals surface area contributed by atoms with Gasteiger partial charge in [0.1, 0.15) is 11.6 Å². The van der Waals surface area contributed by atoms with E-state index in [1.165, 1.54) is 16.4 Å². The van der Waals surface area contributed by atoms with Crippen LogP contribution in [0.25, 0.3) is 0 Å². The number of nitrogens with zero attached hydrogens (tertiary/aromatic N) is 1. The van der Waals surface area contributed by atoms with E-state index in [1.54, 1.807) is 13.8 Å². The Balaban J connectivity index is 2.32. The Morgan fingerprint density at radius 2 is 1.42 bits per heavy atom. The number of sulfonamides is 2. The molecule has 0 saturated carbocycles. The second kappa shape index (κ2) is 7.68. The van der Waals surface area contributed by atoms with Gasteiger partial charge in [0.2, 0.25) is 10.0 Å². The average molecular weight is 404 g/mol. The molecule has 0 fully saturated rings. The summed E-state index contributed by atoms with van der Waals surface area (Å²) in [7, 11) is -7.88. The Morgan fingerprint density at radius 1 is 0.885 bits per heavy atom. The van der Waals surface area contributed by atoms with Crippen molar-refractivity contribution in [3.05, 3.63) is 54.1 Å². The van der Waals surface area contributed by atoms with Gasteiger partial charge >= 0.3 is 0 Å². The fourth-order valence-electron chi connectivity index (χ4n) is 2.28. The molecule has 0 aliphatic heterocycles. The first-order valence-electron chi connectivity index (χ1n) is 7.70. The van der Waals surface area contributed by atoms with Crippen molar-refractivity contribution in [3.63, 3.8) is 0 Å². The molecule has 142 valence electrons. The summed E-state index contributed by atoms with van der Waals surface area (Å²) in [5, 5.41) is 0. The lowest BCUT2D eigenvalue weighted by atomic mass is 10.3. The molecule has 0 aliphatic carbocycles. The summed E-state index contributed by atoms with van der Waals surface area (Å²) in [5.41, 5.74) is -0.411. The first-order chi connectivity index (χ1) is 12.1. The second-order valence-corrected chi connectivity index (χ2v) is 8.91. The van der Waals surface area contributed by atoms with Gasteiger partial charge in [-0.05, 0) is 36.4 Å². The van der Waals surface area contributed by atoms with E-state index in [0.717, 1.165) is 24.3 Å². The molecule has 0 unspecified atom stereocenters. The fourth-order valence-corrected chi connectivity index (χ4v) is 4.80. The van der Waals surface area contributed by atoms with Crippen LogP contribution in [-0.4, -0.2) is 34.2 Å². The highest BCUT2D eigenvalue weighted by atomic mass is 32.2. The van der Waals surface area contributed by atoms with E-state index in [2.05, 4.69) is 0 Å². The predicted octanol–water partition coefficient (Wildman–Crippen LogP) is 2.80. The lowest BCUT2D eigenvalue weighted by molar-refractivity contribution is 0.445. The molecule has 0 bridgehead atoms.